The molecule has 1 N–H and O–H groups in total. The summed E-state index contributed by atoms with van der Waals surface area (Å²) in [4.78, 5) is 74.2. The molecule has 1 aromatic carbocycles. The van der Waals surface area contributed by atoms with Crippen LogP contribution in [0.1, 0.15) is 63.9 Å². The number of carbonyl (C=O) groups excluding carboxylic acids is 5. The van der Waals surface area contributed by atoms with E-state index in [0.717, 1.165) is 16.3 Å². The van der Waals surface area contributed by atoms with E-state index < -0.39 is 56.7 Å². The van der Waals surface area contributed by atoms with Gasteiger partial charge in [0.05, 0.1) is 29.8 Å². The molecular formula is C36H42N4O9S. The van der Waals surface area contributed by atoms with Gasteiger partial charge in [0.2, 0.25) is 33.6 Å². The molecule has 0 radical (unpaired) electrons. The van der Waals surface area contributed by atoms with E-state index in [9.17, 15) is 32.4 Å². The minimum Gasteiger partial charge on any atom is -0.472 e. The Balaban J connectivity index is 1.08. The first-order chi connectivity index (χ1) is 23.8. The fourth-order valence-electron chi connectivity index (χ4n) is 7.78. The Morgan fingerprint density at radius 2 is 1.94 bits per heavy atom. The Bertz CT molecular complexity index is 1890. The summed E-state index contributed by atoms with van der Waals surface area (Å²) in [6, 6.07) is 6.24. The number of likely N-dealkylation sites (tertiary alicyclic amines) is 2. The molecule has 2 aliphatic carbocycles. The molecule has 7 atom stereocenters. The van der Waals surface area contributed by atoms with Gasteiger partial charge >= 0.3 is 5.97 Å². The van der Waals surface area contributed by atoms with E-state index in [2.05, 4.69) is 16.3 Å². The Morgan fingerprint density at radius 3 is 2.62 bits per heavy atom. The van der Waals surface area contributed by atoms with Crippen molar-refractivity contribution >= 4 is 50.3 Å². The van der Waals surface area contributed by atoms with E-state index in [1.807, 2.05) is 31.2 Å². The minimum atomic E-state index is -3.83. The maximum absolute atomic E-state index is 14.2. The molecule has 13 nitrogen and oxygen atoms in total. The molecule has 0 spiro atoms. The van der Waals surface area contributed by atoms with Crippen LogP contribution in [0.5, 0.6) is 5.88 Å². The molecule has 2 aromatic rings. The largest absolute Gasteiger partial charge is 0.472 e. The maximum atomic E-state index is 14.2. The number of nitrogens with zero attached hydrogens (tertiary/aromatic N) is 3. The second-order valence-corrected chi connectivity index (χ2v) is 16.6. The van der Waals surface area contributed by atoms with E-state index in [4.69, 9.17) is 9.47 Å². The summed E-state index contributed by atoms with van der Waals surface area (Å²) in [5.41, 5.74) is -0.193. The smallest absolute Gasteiger partial charge is 0.329 e. The van der Waals surface area contributed by atoms with Gasteiger partial charge in [-0.15, -0.1) is 6.58 Å². The number of ketones is 1. The van der Waals surface area contributed by atoms with Crippen LogP contribution < -0.4 is 9.46 Å². The van der Waals surface area contributed by atoms with Crippen molar-refractivity contribution < 1.29 is 41.9 Å². The van der Waals surface area contributed by atoms with Crippen LogP contribution in [0.3, 0.4) is 0 Å². The molecule has 3 amide bonds. The highest BCUT2D eigenvalue weighted by Crippen LogP contribution is 2.57. The highest BCUT2D eigenvalue weighted by atomic mass is 32.2. The van der Waals surface area contributed by atoms with Crippen molar-refractivity contribution in [2.45, 2.75) is 94.8 Å². The van der Waals surface area contributed by atoms with Crippen molar-refractivity contribution in [2.75, 3.05) is 13.1 Å². The number of aromatic nitrogens is 1. The van der Waals surface area contributed by atoms with Gasteiger partial charge in [-0.2, -0.15) is 0 Å². The van der Waals surface area contributed by atoms with E-state index in [0.29, 0.717) is 31.7 Å². The van der Waals surface area contributed by atoms with Crippen LogP contribution in [0, 0.1) is 24.2 Å². The first kappa shape index (κ1) is 34.1. The number of amides is 3. The van der Waals surface area contributed by atoms with Crippen LogP contribution in [0.25, 0.3) is 10.8 Å². The molecule has 1 aromatic heterocycles. The fraction of sp³-hybridized carbons (Fsp3) is 0.556. The van der Waals surface area contributed by atoms with E-state index >= 15 is 0 Å². The minimum absolute atomic E-state index is 0.0505. The Kier molecular flexibility index (Phi) is 8.72. The summed E-state index contributed by atoms with van der Waals surface area (Å²) >= 11 is 0. The average Bonchev–Trinajstić information content (AvgIpc) is 3.94. The van der Waals surface area contributed by atoms with Crippen molar-refractivity contribution in [3.8, 4) is 5.88 Å². The van der Waals surface area contributed by atoms with E-state index in [-0.39, 0.29) is 68.3 Å². The molecule has 5 aliphatic rings. The van der Waals surface area contributed by atoms with Crippen molar-refractivity contribution in [1.82, 2.24) is 19.5 Å². The second kappa shape index (κ2) is 12.8. The number of Topliss-reactive ketones (excluding diaryl/α,β-unsaturated/α-hetero) is 1. The molecule has 50 heavy (non-hydrogen) atoms. The van der Waals surface area contributed by atoms with E-state index in [1.54, 1.807) is 19.2 Å². The number of pyridine rings is 1. The zero-order chi connectivity index (χ0) is 35.5. The highest BCUT2D eigenvalue weighted by molar-refractivity contribution is 7.90. The van der Waals surface area contributed by atoms with Crippen LogP contribution in [-0.4, -0.2) is 95.3 Å². The van der Waals surface area contributed by atoms with Crippen LogP contribution in [0.4, 0.5) is 0 Å². The third-order valence-electron chi connectivity index (χ3n) is 11.0. The zero-order valence-electron chi connectivity index (χ0n) is 28.2. The number of hydrogen-bond acceptors (Lipinski definition) is 10. The number of rotatable bonds is 13. The van der Waals surface area contributed by atoms with Gasteiger partial charge in [-0.25, -0.2) is 18.2 Å². The third-order valence-corrected chi connectivity index (χ3v) is 12.8. The Morgan fingerprint density at radius 1 is 1.16 bits per heavy atom. The number of allylic oxidation sites excluding steroid dienone is 1. The lowest BCUT2D eigenvalue weighted by molar-refractivity contribution is -0.157. The normalized spacial score (nSPS) is 29.1. The summed E-state index contributed by atoms with van der Waals surface area (Å²) in [6.07, 6.45) is 4.22. The van der Waals surface area contributed by atoms with Gasteiger partial charge < -0.3 is 19.3 Å². The lowest BCUT2D eigenvalue weighted by Crippen LogP contribution is -2.46. The molecule has 14 heteroatoms. The molecular weight excluding hydrogens is 664 g/mol. The molecule has 2 bridgehead atoms. The number of ether oxygens (including phenoxy) is 2. The van der Waals surface area contributed by atoms with Crippen molar-refractivity contribution in [1.29, 1.82) is 0 Å². The first-order valence-corrected chi connectivity index (χ1v) is 18.9. The fourth-order valence-corrected chi connectivity index (χ4v) is 9.16. The summed E-state index contributed by atoms with van der Waals surface area (Å²) < 4.78 is 39.1. The number of hydrogen-bond donors (Lipinski definition) is 1. The quantitative estimate of drug-likeness (QED) is 0.241. The van der Waals surface area contributed by atoms with Crippen molar-refractivity contribution in [2.24, 2.45) is 17.3 Å². The number of aryl methyl sites for hydroxylation is 1. The zero-order valence-corrected chi connectivity index (χ0v) is 29.0. The standard InChI is InChI=1S/C36H42N4O9S/c1-4-23-16-36(23,35(45)38-50(46,47)26-7-8-26)17-30(41)28-14-24(48-32-27-9-5-20(2)13-22(27)11-12-37-32)19-40(28)33(43)21(3)6-10-31(42)39-18-25-15-29(39)34(44)49-25/h4-5,9,11-13,21,23-26,28-29H,1,6-8,10,14-19H2,2-3H3,(H,38,45)/t21-,23+,24?,25+,28?,29+,36+/m0/s1. The van der Waals surface area contributed by atoms with Gasteiger partial charge in [-0.05, 0) is 56.0 Å². The SMILES string of the molecule is C=C[C@@H]1C[C@]1(CC(=O)C1CC(Oc2nccc3cc(C)ccc23)CN1C(=O)[C@@H](C)CCC(=O)N1C[C@H]2C[C@@H]1C(=O)O2)C(=O)NS(=O)(=O)C1CC1. The molecule has 5 fully saturated rings. The molecule has 2 saturated carbocycles. The molecule has 3 aliphatic heterocycles. The van der Waals surface area contributed by atoms with Gasteiger partial charge in [0.15, 0.2) is 5.78 Å². The average molecular weight is 707 g/mol. The Hall–Kier alpha value is -4.33. The first-order valence-electron chi connectivity index (χ1n) is 17.3. The predicted molar refractivity (Wildman–Crippen MR) is 180 cm³/mol. The van der Waals surface area contributed by atoms with Crippen molar-refractivity contribution in [3.63, 3.8) is 0 Å². The number of fused-ring (bicyclic) bond motifs is 3. The summed E-state index contributed by atoms with van der Waals surface area (Å²) in [6.45, 7) is 7.92. The Labute approximate surface area is 290 Å². The predicted octanol–water partition coefficient (Wildman–Crippen LogP) is 2.59. The monoisotopic (exact) mass is 706 g/mol. The molecule has 3 saturated heterocycles. The second-order valence-electron chi connectivity index (χ2n) is 14.6. The molecule has 7 rings (SSSR count). The van der Waals surface area contributed by atoms with Crippen LogP contribution in [-0.2, 0) is 38.7 Å². The summed E-state index contributed by atoms with van der Waals surface area (Å²) in [5.74, 6) is -2.69. The van der Waals surface area contributed by atoms with Crippen molar-refractivity contribution in [3.05, 3.63) is 48.7 Å². The van der Waals surface area contributed by atoms with Gasteiger partial charge in [-0.3, -0.25) is 23.9 Å². The van der Waals surface area contributed by atoms with Crippen LogP contribution in [0.15, 0.2) is 43.1 Å². The topological polar surface area (TPSA) is 169 Å². The van der Waals surface area contributed by atoms with Gasteiger partial charge in [-0.1, -0.05) is 30.7 Å². The number of sulfonamides is 1. The van der Waals surface area contributed by atoms with Gasteiger partial charge in [0, 0.05) is 43.2 Å². The summed E-state index contributed by atoms with van der Waals surface area (Å²) in [5, 5.41) is 1.12. The van der Waals surface area contributed by atoms with E-state index in [1.165, 1.54) is 9.80 Å². The number of benzene rings is 1. The number of morpholine rings is 1. The summed E-state index contributed by atoms with van der Waals surface area (Å²) in [7, 11) is -3.83. The molecule has 2 unspecified atom stereocenters. The lowest BCUT2D eigenvalue weighted by atomic mass is 9.91. The van der Waals surface area contributed by atoms with Gasteiger partial charge in [0.1, 0.15) is 18.2 Å². The van der Waals surface area contributed by atoms with Crippen LogP contribution in [0.2, 0.25) is 0 Å². The number of carbonyl (C=O) groups is 5. The molecule has 4 heterocycles. The van der Waals surface area contributed by atoms with Crippen LogP contribution >= 0.6 is 0 Å². The number of esters is 1. The highest BCUT2D eigenvalue weighted by Gasteiger charge is 2.61. The lowest BCUT2D eigenvalue weighted by Gasteiger charge is -2.28. The third kappa shape index (κ3) is 6.38. The maximum Gasteiger partial charge on any atom is 0.329 e. The molecule has 266 valence electrons. The number of nitrogens with one attached hydrogen (secondary N) is 1. The van der Waals surface area contributed by atoms with Gasteiger partial charge in [0.25, 0.3) is 0 Å².